The summed E-state index contributed by atoms with van der Waals surface area (Å²) >= 11 is 1.39. The second kappa shape index (κ2) is 9.01. The highest BCUT2D eigenvalue weighted by atomic mass is 32.1. The lowest BCUT2D eigenvalue weighted by atomic mass is 9.91. The quantitative estimate of drug-likeness (QED) is 0.489. The number of ether oxygens (including phenoxy) is 1. The first-order valence-electron chi connectivity index (χ1n) is 11.7. The van der Waals surface area contributed by atoms with Crippen molar-refractivity contribution in [2.24, 2.45) is 11.8 Å². The van der Waals surface area contributed by atoms with Gasteiger partial charge in [0.1, 0.15) is 17.0 Å². The van der Waals surface area contributed by atoms with Crippen LogP contribution in [-0.4, -0.2) is 46.7 Å². The number of fused-ring (bicyclic) bond motifs is 1. The number of amides is 2. The first kappa shape index (κ1) is 22.8. The van der Waals surface area contributed by atoms with Crippen molar-refractivity contribution in [3.63, 3.8) is 0 Å². The van der Waals surface area contributed by atoms with Crippen molar-refractivity contribution in [2.75, 3.05) is 24.2 Å². The van der Waals surface area contributed by atoms with Gasteiger partial charge in [-0.25, -0.2) is 14.2 Å². The van der Waals surface area contributed by atoms with Crippen LogP contribution in [-0.2, 0) is 22.4 Å². The number of nitrogens with two attached hydrogens (primary N) is 1. The van der Waals surface area contributed by atoms with E-state index in [1.165, 1.54) is 17.7 Å². The Labute approximate surface area is 200 Å². The van der Waals surface area contributed by atoms with Gasteiger partial charge in [0.05, 0.1) is 24.4 Å². The Balaban J connectivity index is 1.41. The molecule has 3 atom stereocenters. The zero-order chi connectivity index (χ0) is 24.0. The maximum absolute atomic E-state index is 13.4. The number of aryl methyl sites for hydroxylation is 1. The van der Waals surface area contributed by atoms with Crippen LogP contribution in [0.1, 0.15) is 69.9 Å². The zero-order valence-corrected chi connectivity index (χ0v) is 19.8. The second-order valence-corrected chi connectivity index (χ2v) is 10.3. The topological polar surface area (TPSA) is 128 Å². The number of halogens is 1. The summed E-state index contributed by atoms with van der Waals surface area (Å²) in [6.45, 7) is 2.55. The molecule has 2 saturated carbocycles. The average molecular weight is 490 g/mol. The van der Waals surface area contributed by atoms with Crippen molar-refractivity contribution in [2.45, 2.75) is 57.7 Å². The van der Waals surface area contributed by atoms with Gasteiger partial charge in [0.2, 0.25) is 5.91 Å². The summed E-state index contributed by atoms with van der Waals surface area (Å²) in [6, 6.07) is -0.102. The van der Waals surface area contributed by atoms with Crippen molar-refractivity contribution in [1.82, 2.24) is 14.9 Å². The van der Waals surface area contributed by atoms with Gasteiger partial charge in [-0.3, -0.25) is 9.59 Å². The van der Waals surface area contributed by atoms with Gasteiger partial charge in [0.15, 0.2) is 5.69 Å². The van der Waals surface area contributed by atoms with E-state index in [1.807, 2.05) is 0 Å². The highest BCUT2D eigenvalue weighted by molar-refractivity contribution is 7.17. The predicted octanol–water partition coefficient (Wildman–Crippen LogP) is 2.87. The van der Waals surface area contributed by atoms with Crippen LogP contribution in [0.25, 0.3) is 0 Å². The van der Waals surface area contributed by atoms with E-state index in [4.69, 9.17) is 10.5 Å². The molecule has 0 aromatic carbocycles. The molecule has 0 spiro atoms. The summed E-state index contributed by atoms with van der Waals surface area (Å²) < 4.78 is 20.2. The molecule has 2 heterocycles. The maximum atomic E-state index is 13.4. The number of rotatable bonds is 8. The number of nitrogens with one attached hydrogen (secondary N) is 2. The molecule has 4 N–H and O–H groups in total. The minimum atomic E-state index is -1.11. The number of nitrogen functional groups attached to an aromatic ring is 1. The number of aromatic nitrogens is 2. The number of hydrogen-bond acceptors (Lipinski definition) is 7. The SMILES string of the molecule is CCOC(=O)c1ncn([C@H]2CCc3sc(NC(=O)C4CC4F)c(C(=O)NCC4CC4)c3C2)c1N. The van der Waals surface area contributed by atoms with Crippen LogP contribution in [0.3, 0.4) is 0 Å². The molecule has 2 fully saturated rings. The lowest BCUT2D eigenvalue weighted by Gasteiger charge is -2.25. The van der Waals surface area contributed by atoms with Crippen LogP contribution in [0.4, 0.5) is 15.2 Å². The fraction of sp³-hybridized carbons (Fsp3) is 0.565. The third-order valence-corrected chi connectivity index (χ3v) is 7.90. The van der Waals surface area contributed by atoms with Crippen LogP contribution >= 0.6 is 11.3 Å². The van der Waals surface area contributed by atoms with E-state index in [0.717, 1.165) is 29.7 Å². The highest BCUT2D eigenvalue weighted by Gasteiger charge is 2.44. The average Bonchev–Trinajstić information content (AvgIpc) is 3.70. The Morgan fingerprint density at radius 1 is 1.32 bits per heavy atom. The monoisotopic (exact) mass is 489 g/mol. The van der Waals surface area contributed by atoms with Gasteiger partial charge >= 0.3 is 5.97 Å². The highest BCUT2D eigenvalue weighted by Crippen LogP contribution is 2.43. The zero-order valence-electron chi connectivity index (χ0n) is 18.9. The van der Waals surface area contributed by atoms with Gasteiger partial charge in [-0.1, -0.05) is 0 Å². The molecule has 2 aromatic rings. The number of imidazole rings is 1. The van der Waals surface area contributed by atoms with Crippen molar-refractivity contribution in [3.8, 4) is 0 Å². The summed E-state index contributed by atoms with van der Waals surface area (Å²) in [5, 5.41) is 6.30. The summed E-state index contributed by atoms with van der Waals surface area (Å²) in [5.74, 6) is -1.06. The lowest BCUT2D eigenvalue weighted by molar-refractivity contribution is -0.117. The smallest absolute Gasteiger partial charge is 0.360 e. The van der Waals surface area contributed by atoms with Gasteiger partial charge < -0.3 is 25.7 Å². The van der Waals surface area contributed by atoms with Crippen molar-refractivity contribution in [1.29, 1.82) is 0 Å². The number of alkyl halides is 1. The van der Waals surface area contributed by atoms with Crippen molar-refractivity contribution >= 4 is 39.9 Å². The summed E-state index contributed by atoms with van der Waals surface area (Å²) in [4.78, 5) is 43.0. The Kier molecular flexibility index (Phi) is 6.05. The fourth-order valence-electron chi connectivity index (χ4n) is 4.44. The third-order valence-electron chi connectivity index (χ3n) is 6.69. The minimum Gasteiger partial charge on any atom is -0.461 e. The van der Waals surface area contributed by atoms with E-state index in [0.29, 0.717) is 35.9 Å². The molecule has 0 aliphatic heterocycles. The molecule has 182 valence electrons. The number of esters is 1. The molecule has 11 heteroatoms. The molecule has 3 aliphatic rings. The number of anilines is 2. The van der Waals surface area contributed by atoms with Gasteiger partial charge in [-0.15, -0.1) is 11.3 Å². The van der Waals surface area contributed by atoms with Gasteiger partial charge in [0, 0.05) is 17.5 Å². The molecule has 2 amide bonds. The maximum Gasteiger partial charge on any atom is 0.360 e. The Bertz CT molecular complexity index is 1140. The third kappa shape index (κ3) is 4.40. The summed E-state index contributed by atoms with van der Waals surface area (Å²) in [5.41, 5.74) is 7.63. The molecule has 0 radical (unpaired) electrons. The van der Waals surface area contributed by atoms with E-state index >= 15 is 0 Å². The van der Waals surface area contributed by atoms with Crippen LogP contribution < -0.4 is 16.4 Å². The summed E-state index contributed by atoms with van der Waals surface area (Å²) in [7, 11) is 0. The molecule has 5 rings (SSSR count). The predicted molar refractivity (Wildman–Crippen MR) is 125 cm³/mol. The van der Waals surface area contributed by atoms with E-state index in [1.54, 1.807) is 11.5 Å². The molecule has 2 unspecified atom stereocenters. The Hall–Kier alpha value is -2.95. The minimum absolute atomic E-state index is 0.0820. The van der Waals surface area contributed by atoms with E-state index in [-0.39, 0.29) is 42.4 Å². The lowest BCUT2D eigenvalue weighted by Crippen LogP contribution is -2.29. The molecule has 2 aromatic heterocycles. The normalized spacial score (nSPS) is 23.2. The first-order chi connectivity index (χ1) is 16.4. The van der Waals surface area contributed by atoms with Gasteiger partial charge in [0.25, 0.3) is 5.91 Å². The molecular weight excluding hydrogens is 461 g/mol. The number of hydrogen-bond donors (Lipinski definition) is 3. The largest absolute Gasteiger partial charge is 0.461 e. The number of carbonyl (C=O) groups is 3. The standard InChI is InChI=1S/C23H28FN5O4S/c1-2-33-23(32)18-19(25)29(10-27-18)12-5-6-16-14(7-12)17(21(31)26-9-11-3-4-11)22(34-16)28-20(30)13-8-15(13)24/h10-13,15H,2-9,25H2,1H3,(H,26,31)(H,28,30)/t12-,13?,15?/m0/s1. The van der Waals surface area contributed by atoms with Gasteiger partial charge in [-0.05, 0) is 56.9 Å². The molecular formula is C23H28FN5O4S. The molecule has 3 aliphatic carbocycles. The number of carbonyl (C=O) groups excluding carboxylic acids is 3. The molecule has 0 saturated heterocycles. The van der Waals surface area contributed by atoms with Crippen LogP contribution in [0, 0.1) is 11.8 Å². The molecule has 34 heavy (non-hydrogen) atoms. The number of nitrogens with zero attached hydrogens (tertiary/aromatic N) is 2. The van der Waals surface area contributed by atoms with Crippen molar-refractivity contribution < 1.29 is 23.5 Å². The van der Waals surface area contributed by atoms with Gasteiger partial charge in [-0.2, -0.15) is 0 Å². The van der Waals surface area contributed by atoms with Crippen LogP contribution in [0.2, 0.25) is 0 Å². The van der Waals surface area contributed by atoms with E-state index < -0.39 is 18.1 Å². The summed E-state index contributed by atoms with van der Waals surface area (Å²) in [6.07, 6.45) is 4.80. The number of thiophene rings is 1. The Morgan fingerprint density at radius 3 is 2.76 bits per heavy atom. The van der Waals surface area contributed by atoms with E-state index in [2.05, 4.69) is 15.6 Å². The van der Waals surface area contributed by atoms with Crippen molar-refractivity contribution in [3.05, 3.63) is 28.0 Å². The van der Waals surface area contributed by atoms with Crippen LogP contribution in [0.15, 0.2) is 6.33 Å². The first-order valence-corrected chi connectivity index (χ1v) is 12.6. The second-order valence-electron chi connectivity index (χ2n) is 9.21. The molecule has 0 bridgehead atoms. The van der Waals surface area contributed by atoms with E-state index in [9.17, 15) is 18.8 Å². The van der Waals surface area contributed by atoms with Crippen LogP contribution in [0.5, 0.6) is 0 Å². The fourth-order valence-corrected chi connectivity index (χ4v) is 5.68. The molecule has 9 nitrogen and oxygen atoms in total. The Morgan fingerprint density at radius 2 is 2.09 bits per heavy atom.